The van der Waals surface area contributed by atoms with Crippen LogP contribution >= 0.6 is 15.6 Å². The van der Waals surface area contributed by atoms with E-state index in [9.17, 15) is 43.2 Å². The molecule has 0 saturated heterocycles. The van der Waals surface area contributed by atoms with Crippen LogP contribution in [0, 0.1) is 11.8 Å². The van der Waals surface area contributed by atoms with E-state index in [0.717, 1.165) is 108 Å². The molecule has 0 aliphatic carbocycles. The number of phosphoric acid groups is 2. The monoisotopic (exact) mass is 1300 g/mol. The van der Waals surface area contributed by atoms with Gasteiger partial charge >= 0.3 is 39.5 Å². The van der Waals surface area contributed by atoms with Crippen molar-refractivity contribution in [1.82, 2.24) is 0 Å². The Labute approximate surface area is 537 Å². The molecular formula is C69H134O17P2. The number of carbonyl (C=O) groups excluding carboxylic acids is 4. The van der Waals surface area contributed by atoms with Gasteiger partial charge in [-0.05, 0) is 37.5 Å². The zero-order chi connectivity index (χ0) is 65.0. The maximum atomic E-state index is 13.0. The molecule has 0 amide bonds. The van der Waals surface area contributed by atoms with Crippen LogP contribution in [-0.2, 0) is 65.4 Å². The third-order valence-electron chi connectivity index (χ3n) is 16.3. The van der Waals surface area contributed by atoms with Gasteiger partial charge in [0.05, 0.1) is 26.4 Å². The van der Waals surface area contributed by atoms with Crippen LogP contribution in [0.15, 0.2) is 0 Å². The first-order valence-corrected chi connectivity index (χ1v) is 39.0. The maximum absolute atomic E-state index is 13.0. The maximum Gasteiger partial charge on any atom is 0.472 e. The fraction of sp³-hybridized carbons (Fsp3) is 0.942. The Bertz CT molecular complexity index is 1720. The summed E-state index contributed by atoms with van der Waals surface area (Å²) in [6, 6.07) is 0. The first-order valence-electron chi connectivity index (χ1n) is 36.0. The molecule has 0 rings (SSSR count). The molecule has 0 bridgehead atoms. The van der Waals surface area contributed by atoms with Crippen molar-refractivity contribution < 1.29 is 80.2 Å². The van der Waals surface area contributed by atoms with Gasteiger partial charge in [-0.1, -0.05) is 298 Å². The van der Waals surface area contributed by atoms with E-state index in [1.165, 1.54) is 161 Å². The third-order valence-corrected chi connectivity index (χ3v) is 18.2. The molecule has 0 aromatic heterocycles. The Morgan fingerprint density at radius 1 is 0.330 bits per heavy atom. The van der Waals surface area contributed by atoms with Crippen molar-refractivity contribution in [2.75, 3.05) is 39.6 Å². The number of hydrogen-bond acceptors (Lipinski definition) is 15. The Hall–Kier alpha value is -1.94. The predicted octanol–water partition coefficient (Wildman–Crippen LogP) is 19.6. The van der Waals surface area contributed by atoms with Gasteiger partial charge < -0.3 is 33.8 Å². The molecule has 0 aliphatic heterocycles. The van der Waals surface area contributed by atoms with Crippen molar-refractivity contribution in [3.63, 3.8) is 0 Å². The first-order chi connectivity index (χ1) is 42.4. The largest absolute Gasteiger partial charge is 0.472 e. The van der Waals surface area contributed by atoms with Gasteiger partial charge in [-0.3, -0.25) is 37.3 Å². The Kier molecular flexibility index (Phi) is 59.9. The number of aliphatic hydroxyl groups excluding tert-OH is 1. The minimum atomic E-state index is -4.95. The SMILES string of the molecule is CCCCCCCCCCCCCCC(=O)O[C@H](COC(=O)CCCCCCC)COP(=O)(O)OC[C@H](O)COP(=O)(O)OC[C@@H](COC(=O)CCCCCCCCCCC(C)CC)OC(=O)CCCCCCCCCCCCCCCCCCC(C)C. The van der Waals surface area contributed by atoms with E-state index in [0.29, 0.717) is 25.7 Å². The van der Waals surface area contributed by atoms with E-state index in [4.69, 9.17) is 37.0 Å². The normalized spacial score (nSPS) is 14.5. The molecule has 522 valence electrons. The first kappa shape index (κ1) is 86.1. The third kappa shape index (κ3) is 61.6. The number of hydrogen-bond donors (Lipinski definition) is 3. The number of esters is 4. The number of carbonyl (C=O) groups is 4. The molecule has 0 aromatic carbocycles. The Morgan fingerprint density at radius 2 is 0.580 bits per heavy atom. The van der Waals surface area contributed by atoms with Crippen molar-refractivity contribution in [2.24, 2.45) is 11.8 Å². The lowest BCUT2D eigenvalue weighted by atomic mass is 9.99. The van der Waals surface area contributed by atoms with Gasteiger partial charge in [0.25, 0.3) is 0 Å². The van der Waals surface area contributed by atoms with E-state index < -0.39 is 97.5 Å². The van der Waals surface area contributed by atoms with Gasteiger partial charge in [-0.15, -0.1) is 0 Å². The van der Waals surface area contributed by atoms with Crippen molar-refractivity contribution in [2.45, 2.75) is 368 Å². The van der Waals surface area contributed by atoms with E-state index in [-0.39, 0.29) is 25.7 Å². The lowest BCUT2D eigenvalue weighted by Gasteiger charge is -2.21. The summed E-state index contributed by atoms with van der Waals surface area (Å²) < 4.78 is 68.0. The van der Waals surface area contributed by atoms with Gasteiger partial charge in [0, 0.05) is 25.7 Å². The summed E-state index contributed by atoms with van der Waals surface area (Å²) in [6.45, 7) is 9.49. The van der Waals surface area contributed by atoms with Gasteiger partial charge in [0.1, 0.15) is 19.3 Å². The average molecular weight is 1300 g/mol. The van der Waals surface area contributed by atoms with Crippen LogP contribution in [0.2, 0.25) is 0 Å². The number of phosphoric ester groups is 2. The number of ether oxygens (including phenoxy) is 4. The summed E-state index contributed by atoms with van der Waals surface area (Å²) in [5, 5.41) is 10.5. The number of unbranched alkanes of at least 4 members (excludes halogenated alkanes) is 37. The molecule has 3 N–H and O–H groups in total. The number of aliphatic hydroxyl groups is 1. The molecular weight excluding hydrogens is 1160 g/mol. The van der Waals surface area contributed by atoms with Crippen LogP contribution in [0.5, 0.6) is 0 Å². The zero-order valence-corrected chi connectivity index (χ0v) is 58.8. The second kappa shape index (κ2) is 61.3. The van der Waals surface area contributed by atoms with Crippen LogP contribution in [0.1, 0.15) is 350 Å². The summed E-state index contributed by atoms with van der Waals surface area (Å²) in [4.78, 5) is 72.2. The molecule has 0 aromatic rings. The average Bonchev–Trinajstić information content (AvgIpc) is 3.69. The Balaban J connectivity index is 5.14. The van der Waals surface area contributed by atoms with E-state index in [1.807, 2.05) is 0 Å². The van der Waals surface area contributed by atoms with Gasteiger partial charge in [-0.25, -0.2) is 9.13 Å². The van der Waals surface area contributed by atoms with E-state index >= 15 is 0 Å². The highest BCUT2D eigenvalue weighted by molar-refractivity contribution is 7.47. The molecule has 6 atom stereocenters. The fourth-order valence-corrected chi connectivity index (χ4v) is 12.0. The molecule has 0 radical (unpaired) electrons. The minimum Gasteiger partial charge on any atom is -0.462 e. The summed E-state index contributed by atoms with van der Waals surface area (Å²) in [5.74, 6) is -0.550. The minimum absolute atomic E-state index is 0.106. The number of rotatable bonds is 68. The highest BCUT2D eigenvalue weighted by atomic mass is 31.2. The molecule has 88 heavy (non-hydrogen) atoms. The van der Waals surface area contributed by atoms with Crippen LogP contribution in [0.25, 0.3) is 0 Å². The lowest BCUT2D eigenvalue weighted by Crippen LogP contribution is -2.30. The highest BCUT2D eigenvalue weighted by Crippen LogP contribution is 2.45. The summed E-state index contributed by atoms with van der Waals surface area (Å²) in [6.07, 6.45) is 46.1. The van der Waals surface area contributed by atoms with Crippen molar-refractivity contribution in [3.05, 3.63) is 0 Å². The zero-order valence-electron chi connectivity index (χ0n) is 57.0. The molecule has 0 saturated carbocycles. The molecule has 3 unspecified atom stereocenters. The molecule has 0 fully saturated rings. The molecule has 19 heteroatoms. The van der Waals surface area contributed by atoms with Gasteiger partial charge in [0.15, 0.2) is 12.2 Å². The summed E-state index contributed by atoms with van der Waals surface area (Å²) in [7, 11) is -9.89. The van der Waals surface area contributed by atoms with Crippen molar-refractivity contribution in [1.29, 1.82) is 0 Å². The molecule has 0 aliphatic rings. The highest BCUT2D eigenvalue weighted by Gasteiger charge is 2.30. The molecule has 0 spiro atoms. The predicted molar refractivity (Wildman–Crippen MR) is 354 cm³/mol. The van der Waals surface area contributed by atoms with E-state index in [1.54, 1.807) is 0 Å². The van der Waals surface area contributed by atoms with E-state index in [2.05, 4.69) is 41.5 Å². The second-order valence-electron chi connectivity index (χ2n) is 25.6. The second-order valence-corrected chi connectivity index (χ2v) is 28.5. The smallest absolute Gasteiger partial charge is 0.462 e. The van der Waals surface area contributed by atoms with Crippen LogP contribution < -0.4 is 0 Å². The van der Waals surface area contributed by atoms with Crippen molar-refractivity contribution >= 4 is 39.5 Å². The summed E-state index contributed by atoms with van der Waals surface area (Å²) >= 11 is 0. The quantitative estimate of drug-likeness (QED) is 0.0222. The van der Waals surface area contributed by atoms with Gasteiger partial charge in [-0.2, -0.15) is 0 Å². The van der Waals surface area contributed by atoms with Crippen LogP contribution in [0.3, 0.4) is 0 Å². The van der Waals surface area contributed by atoms with Crippen LogP contribution in [0.4, 0.5) is 0 Å². The topological polar surface area (TPSA) is 237 Å². The van der Waals surface area contributed by atoms with Gasteiger partial charge in [0.2, 0.25) is 0 Å². The Morgan fingerprint density at radius 3 is 0.864 bits per heavy atom. The lowest BCUT2D eigenvalue weighted by molar-refractivity contribution is -0.161. The standard InChI is InChI=1S/C69H134O17P2/c1-7-10-12-14-15-16-17-25-28-35-41-47-53-68(73)85-64(57-79-66(71)51-45-37-13-11-8-2)59-83-87(75,76)81-55-63(70)56-82-88(77,78)84-60-65(58-80-67(72)52-46-40-34-31-30-33-39-44-50-62(6)9-3)86-69(74)54-48-42-36-29-26-23-21-19-18-20-22-24-27-32-38-43-49-61(4)5/h61-65,70H,7-60H2,1-6H3,(H,75,76)(H,77,78)/t62?,63-,64+,65+/m0/s1. The molecule has 0 heterocycles. The van der Waals surface area contributed by atoms with Crippen LogP contribution in [-0.4, -0.2) is 96.7 Å². The summed E-state index contributed by atoms with van der Waals surface area (Å²) in [5.41, 5.74) is 0. The molecule has 17 nitrogen and oxygen atoms in total. The fourth-order valence-electron chi connectivity index (χ4n) is 10.4. The van der Waals surface area contributed by atoms with Crippen molar-refractivity contribution in [3.8, 4) is 0 Å².